The molecule has 0 aliphatic carbocycles. The molecule has 1 aliphatic rings. The van der Waals surface area contributed by atoms with Crippen LogP contribution in [-0.4, -0.2) is 23.5 Å². The van der Waals surface area contributed by atoms with Crippen molar-refractivity contribution >= 4 is 23.3 Å². The molecule has 0 bridgehead atoms. The van der Waals surface area contributed by atoms with Crippen LogP contribution < -0.4 is 15.8 Å². The predicted molar refractivity (Wildman–Crippen MR) is 80.6 cm³/mol. The average molecular weight is 304 g/mol. The minimum absolute atomic E-state index is 0.0776. The Kier molecular flexibility index (Phi) is 3.66. The molecule has 108 valence electrons. The van der Waals surface area contributed by atoms with Crippen LogP contribution in [0.15, 0.2) is 36.4 Å². The Morgan fingerprint density at radius 3 is 3.00 bits per heavy atom. The maximum absolute atomic E-state index is 12.1. The molecule has 1 unspecified atom stereocenters. The van der Waals surface area contributed by atoms with Crippen molar-refractivity contribution in [3.63, 3.8) is 0 Å². The zero-order valence-electron chi connectivity index (χ0n) is 11.2. The van der Waals surface area contributed by atoms with E-state index >= 15 is 0 Å². The maximum Gasteiger partial charge on any atom is 0.271 e. The number of hydrogen-bond donors (Lipinski definition) is 2. The van der Waals surface area contributed by atoms with Gasteiger partial charge < -0.3 is 15.8 Å². The van der Waals surface area contributed by atoms with Crippen LogP contribution in [-0.2, 0) is 6.42 Å². The lowest BCUT2D eigenvalue weighted by atomic mass is 10.1. The SMILES string of the molecule is Nc1ccc(Cl)c(C(=O)NCC2Cc3ccccc3O2)n1. The van der Waals surface area contributed by atoms with Crippen LogP contribution in [0.25, 0.3) is 0 Å². The van der Waals surface area contributed by atoms with Crippen LogP contribution in [0.5, 0.6) is 5.75 Å². The summed E-state index contributed by atoms with van der Waals surface area (Å²) in [5.74, 6) is 0.776. The number of nitrogens with two attached hydrogens (primary N) is 1. The number of amides is 1. The van der Waals surface area contributed by atoms with Crippen LogP contribution in [0, 0.1) is 0 Å². The number of nitrogens with one attached hydrogen (secondary N) is 1. The van der Waals surface area contributed by atoms with Gasteiger partial charge in [0.05, 0.1) is 11.6 Å². The molecule has 0 saturated carbocycles. The van der Waals surface area contributed by atoms with Gasteiger partial charge in [0.25, 0.3) is 5.91 Å². The van der Waals surface area contributed by atoms with Gasteiger partial charge in [0.15, 0.2) is 0 Å². The normalized spacial score (nSPS) is 16.1. The van der Waals surface area contributed by atoms with E-state index < -0.39 is 0 Å². The number of fused-ring (bicyclic) bond motifs is 1. The molecule has 6 heteroatoms. The fourth-order valence-corrected chi connectivity index (χ4v) is 2.47. The molecule has 0 spiro atoms. The second kappa shape index (κ2) is 5.61. The molecular formula is C15H14ClN3O2. The Bertz CT molecular complexity index is 665. The lowest BCUT2D eigenvalue weighted by molar-refractivity contribution is 0.0929. The summed E-state index contributed by atoms with van der Waals surface area (Å²) in [6.07, 6.45) is 0.695. The fraction of sp³-hybridized carbons (Fsp3) is 0.200. The third-order valence-electron chi connectivity index (χ3n) is 3.29. The summed E-state index contributed by atoms with van der Waals surface area (Å²) < 4.78 is 5.75. The Hall–Kier alpha value is -2.27. The highest BCUT2D eigenvalue weighted by atomic mass is 35.5. The highest BCUT2D eigenvalue weighted by molar-refractivity contribution is 6.33. The number of para-hydroxylation sites is 1. The zero-order valence-corrected chi connectivity index (χ0v) is 11.9. The number of carbonyl (C=O) groups is 1. The van der Waals surface area contributed by atoms with Crippen LogP contribution in [0.4, 0.5) is 5.82 Å². The number of aromatic nitrogens is 1. The van der Waals surface area contributed by atoms with E-state index in [-0.39, 0.29) is 28.5 Å². The molecular weight excluding hydrogens is 290 g/mol. The molecule has 1 aromatic carbocycles. The molecule has 2 heterocycles. The van der Waals surface area contributed by atoms with Gasteiger partial charge in [-0.2, -0.15) is 0 Å². The molecule has 1 aromatic heterocycles. The first-order valence-electron chi connectivity index (χ1n) is 6.58. The number of halogens is 1. The third-order valence-corrected chi connectivity index (χ3v) is 3.59. The molecule has 1 atom stereocenters. The topological polar surface area (TPSA) is 77.2 Å². The Balaban J connectivity index is 1.61. The lowest BCUT2D eigenvalue weighted by Gasteiger charge is -2.12. The highest BCUT2D eigenvalue weighted by Gasteiger charge is 2.23. The van der Waals surface area contributed by atoms with Gasteiger partial charge in [-0.3, -0.25) is 4.79 Å². The van der Waals surface area contributed by atoms with Gasteiger partial charge >= 0.3 is 0 Å². The van der Waals surface area contributed by atoms with Crippen molar-refractivity contribution in [1.29, 1.82) is 0 Å². The molecule has 2 aromatic rings. The molecule has 5 nitrogen and oxygen atoms in total. The van der Waals surface area contributed by atoms with Crippen molar-refractivity contribution in [2.45, 2.75) is 12.5 Å². The van der Waals surface area contributed by atoms with Crippen molar-refractivity contribution in [3.05, 3.63) is 52.7 Å². The predicted octanol–water partition coefficient (Wildman–Crippen LogP) is 2.05. The summed E-state index contributed by atoms with van der Waals surface area (Å²) in [6.45, 7) is 0.389. The molecule has 3 rings (SSSR count). The van der Waals surface area contributed by atoms with E-state index in [2.05, 4.69) is 10.3 Å². The van der Waals surface area contributed by atoms with Gasteiger partial charge in [0, 0.05) is 6.42 Å². The third kappa shape index (κ3) is 2.92. The first kappa shape index (κ1) is 13.7. The Morgan fingerprint density at radius 1 is 1.38 bits per heavy atom. The molecule has 21 heavy (non-hydrogen) atoms. The van der Waals surface area contributed by atoms with Gasteiger partial charge in [0.1, 0.15) is 23.4 Å². The summed E-state index contributed by atoms with van der Waals surface area (Å²) >= 11 is 5.95. The number of carbonyl (C=O) groups excluding carboxylic acids is 1. The lowest BCUT2D eigenvalue weighted by Crippen LogP contribution is -2.35. The van der Waals surface area contributed by atoms with Gasteiger partial charge in [-0.15, -0.1) is 0 Å². The van der Waals surface area contributed by atoms with Gasteiger partial charge in [-0.1, -0.05) is 29.8 Å². The van der Waals surface area contributed by atoms with Crippen LogP contribution in [0.3, 0.4) is 0 Å². The summed E-state index contributed by atoms with van der Waals surface area (Å²) in [5, 5.41) is 3.05. The molecule has 0 fully saturated rings. The largest absolute Gasteiger partial charge is 0.488 e. The van der Waals surface area contributed by atoms with E-state index in [0.717, 1.165) is 17.7 Å². The molecule has 1 amide bonds. The summed E-state index contributed by atoms with van der Waals surface area (Å²) in [7, 11) is 0. The highest BCUT2D eigenvalue weighted by Crippen LogP contribution is 2.27. The van der Waals surface area contributed by atoms with E-state index in [1.807, 2.05) is 24.3 Å². The van der Waals surface area contributed by atoms with Crippen molar-refractivity contribution in [1.82, 2.24) is 10.3 Å². The molecule has 0 saturated heterocycles. The zero-order chi connectivity index (χ0) is 14.8. The van der Waals surface area contributed by atoms with Gasteiger partial charge in [-0.05, 0) is 23.8 Å². The number of anilines is 1. The van der Waals surface area contributed by atoms with E-state index in [0.29, 0.717) is 6.54 Å². The van der Waals surface area contributed by atoms with Crippen molar-refractivity contribution in [3.8, 4) is 5.75 Å². The van der Waals surface area contributed by atoms with Crippen LogP contribution in [0.2, 0.25) is 5.02 Å². The first-order valence-corrected chi connectivity index (χ1v) is 6.96. The minimum Gasteiger partial charge on any atom is -0.488 e. The monoisotopic (exact) mass is 303 g/mol. The fourth-order valence-electron chi connectivity index (χ4n) is 2.27. The molecule has 1 aliphatic heterocycles. The van der Waals surface area contributed by atoms with Crippen molar-refractivity contribution in [2.75, 3.05) is 12.3 Å². The first-order chi connectivity index (χ1) is 10.1. The number of nitrogens with zero attached hydrogens (tertiary/aromatic N) is 1. The standard InChI is InChI=1S/C15H14ClN3O2/c16-11-5-6-13(17)19-14(11)15(20)18-8-10-7-9-3-1-2-4-12(9)21-10/h1-6,10H,7-8H2,(H2,17,19)(H,18,20). The van der Waals surface area contributed by atoms with Crippen molar-refractivity contribution in [2.24, 2.45) is 0 Å². The second-order valence-corrected chi connectivity index (χ2v) is 5.24. The number of hydrogen-bond acceptors (Lipinski definition) is 4. The minimum atomic E-state index is -0.355. The maximum atomic E-state index is 12.1. The van der Waals surface area contributed by atoms with E-state index in [1.54, 1.807) is 12.1 Å². The number of nitrogen functional groups attached to an aromatic ring is 1. The van der Waals surface area contributed by atoms with E-state index in [4.69, 9.17) is 22.1 Å². The summed E-state index contributed by atoms with van der Waals surface area (Å²) in [4.78, 5) is 16.0. The van der Waals surface area contributed by atoms with E-state index in [9.17, 15) is 4.79 Å². The number of pyridine rings is 1. The van der Waals surface area contributed by atoms with Crippen LogP contribution >= 0.6 is 11.6 Å². The quantitative estimate of drug-likeness (QED) is 0.910. The average Bonchev–Trinajstić information content (AvgIpc) is 2.90. The number of ether oxygens (including phenoxy) is 1. The Morgan fingerprint density at radius 2 is 2.19 bits per heavy atom. The van der Waals surface area contributed by atoms with Gasteiger partial charge in [-0.25, -0.2) is 4.98 Å². The number of benzene rings is 1. The summed E-state index contributed by atoms with van der Waals surface area (Å²) in [6, 6.07) is 11.0. The molecule has 0 radical (unpaired) electrons. The van der Waals surface area contributed by atoms with Crippen molar-refractivity contribution < 1.29 is 9.53 Å². The number of rotatable bonds is 3. The van der Waals surface area contributed by atoms with Crippen LogP contribution in [0.1, 0.15) is 16.1 Å². The smallest absolute Gasteiger partial charge is 0.271 e. The Labute approximate surface area is 127 Å². The molecule has 3 N–H and O–H groups in total. The second-order valence-electron chi connectivity index (χ2n) is 4.83. The van der Waals surface area contributed by atoms with Gasteiger partial charge in [0.2, 0.25) is 0 Å². The summed E-state index contributed by atoms with van der Waals surface area (Å²) in [5.41, 5.74) is 6.85. The van der Waals surface area contributed by atoms with E-state index in [1.165, 1.54) is 0 Å².